The lowest BCUT2D eigenvalue weighted by Gasteiger charge is -2.19. The molecule has 5 rings (SSSR count). The first-order valence-corrected chi connectivity index (χ1v) is 11.9. The van der Waals surface area contributed by atoms with Crippen molar-refractivity contribution in [3.8, 4) is 0 Å². The second-order valence-corrected chi connectivity index (χ2v) is 9.68. The molecule has 0 bridgehead atoms. The van der Waals surface area contributed by atoms with Gasteiger partial charge in [-0.3, -0.25) is 10.1 Å². The highest BCUT2D eigenvalue weighted by molar-refractivity contribution is 7.89. The quantitative estimate of drug-likeness (QED) is 0.224. The fourth-order valence-electron chi connectivity index (χ4n) is 4.58. The van der Waals surface area contributed by atoms with E-state index >= 15 is 0 Å². The largest absolute Gasteiger partial charge is 0.269 e. The van der Waals surface area contributed by atoms with E-state index in [2.05, 4.69) is 0 Å². The van der Waals surface area contributed by atoms with Crippen molar-refractivity contribution in [3.05, 3.63) is 142 Å². The molecule has 1 aliphatic rings. The van der Waals surface area contributed by atoms with E-state index in [1.807, 2.05) is 91.0 Å². The van der Waals surface area contributed by atoms with Gasteiger partial charge in [0.05, 0.1) is 15.9 Å². The number of nitrogens with zero attached hydrogens (tertiary/aromatic N) is 2. The highest BCUT2D eigenvalue weighted by atomic mass is 32.2. The van der Waals surface area contributed by atoms with Crippen LogP contribution in [0.2, 0.25) is 0 Å². The van der Waals surface area contributed by atoms with Gasteiger partial charge in [0.2, 0.25) is 10.0 Å². The Morgan fingerprint density at radius 1 is 0.697 bits per heavy atom. The number of benzene rings is 4. The van der Waals surface area contributed by atoms with Gasteiger partial charge in [-0.2, -0.15) is 4.31 Å². The SMILES string of the molecule is O=[N+]([O-])c1ccc(S(=O)(=O)N2C(c3ccccc3)C2(c2ccccc2)c2ccccc2)cc1. The molecule has 1 aliphatic heterocycles. The first-order chi connectivity index (χ1) is 16.0. The van der Waals surface area contributed by atoms with E-state index in [9.17, 15) is 18.5 Å². The Morgan fingerprint density at radius 3 is 1.61 bits per heavy atom. The van der Waals surface area contributed by atoms with Crippen LogP contribution in [-0.4, -0.2) is 17.6 Å². The van der Waals surface area contributed by atoms with Gasteiger partial charge in [-0.25, -0.2) is 8.42 Å². The number of hydrogen-bond donors (Lipinski definition) is 0. The van der Waals surface area contributed by atoms with E-state index < -0.39 is 26.5 Å². The first kappa shape index (κ1) is 21.1. The molecule has 7 heteroatoms. The molecule has 0 radical (unpaired) electrons. The Bertz CT molecular complexity index is 1350. The Labute approximate surface area is 192 Å². The fourth-order valence-corrected chi connectivity index (χ4v) is 6.49. The molecular formula is C26H20N2O4S. The highest BCUT2D eigenvalue weighted by Crippen LogP contribution is 2.66. The van der Waals surface area contributed by atoms with Crippen molar-refractivity contribution in [1.82, 2.24) is 4.31 Å². The van der Waals surface area contributed by atoms with Crippen LogP contribution >= 0.6 is 0 Å². The van der Waals surface area contributed by atoms with Crippen LogP contribution in [0.25, 0.3) is 0 Å². The van der Waals surface area contributed by atoms with Crippen molar-refractivity contribution in [2.75, 3.05) is 0 Å². The number of non-ortho nitro benzene ring substituents is 1. The third kappa shape index (κ3) is 3.33. The lowest BCUT2D eigenvalue weighted by molar-refractivity contribution is -0.384. The van der Waals surface area contributed by atoms with Gasteiger partial charge in [0.1, 0.15) is 5.54 Å². The van der Waals surface area contributed by atoms with Gasteiger partial charge in [0.15, 0.2) is 0 Å². The number of nitro benzene ring substituents is 1. The number of rotatable bonds is 6. The second kappa shape index (κ2) is 7.95. The summed E-state index contributed by atoms with van der Waals surface area (Å²) in [4.78, 5) is 10.5. The van der Waals surface area contributed by atoms with E-state index in [1.54, 1.807) is 0 Å². The molecule has 33 heavy (non-hydrogen) atoms. The summed E-state index contributed by atoms with van der Waals surface area (Å²) >= 11 is 0. The van der Waals surface area contributed by atoms with Crippen LogP contribution in [-0.2, 0) is 15.6 Å². The van der Waals surface area contributed by atoms with Crippen LogP contribution in [0.3, 0.4) is 0 Å². The van der Waals surface area contributed by atoms with Crippen LogP contribution in [0, 0.1) is 10.1 Å². The minimum atomic E-state index is -4.00. The molecule has 0 amide bonds. The Kier molecular flexibility index (Phi) is 5.08. The molecule has 1 saturated heterocycles. The summed E-state index contributed by atoms with van der Waals surface area (Å²) in [6, 6.07) is 33.3. The standard InChI is InChI=1S/C26H20N2O4S/c29-28(30)23-16-18-24(19-17-23)33(31,32)27-25(20-10-4-1-5-11-20)26(27,21-12-6-2-7-13-21)22-14-8-3-9-15-22/h1-19,25H. The van der Waals surface area contributed by atoms with Gasteiger partial charge in [-0.05, 0) is 28.8 Å². The van der Waals surface area contributed by atoms with E-state index in [-0.39, 0.29) is 10.6 Å². The van der Waals surface area contributed by atoms with Gasteiger partial charge in [-0.1, -0.05) is 91.0 Å². The molecule has 0 saturated carbocycles. The highest BCUT2D eigenvalue weighted by Gasteiger charge is 2.70. The van der Waals surface area contributed by atoms with Crippen molar-refractivity contribution in [3.63, 3.8) is 0 Å². The normalized spacial score (nSPS) is 19.0. The van der Waals surface area contributed by atoms with Crippen molar-refractivity contribution < 1.29 is 13.3 Å². The maximum Gasteiger partial charge on any atom is 0.269 e. The number of hydrogen-bond acceptors (Lipinski definition) is 4. The van der Waals surface area contributed by atoms with Crippen LogP contribution < -0.4 is 0 Å². The summed E-state index contributed by atoms with van der Waals surface area (Å²) in [5, 5.41) is 11.1. The molecule has 1 heterocycles. The minimum Gasteiger partial charge on any atom is -0.258 e. The van der Waals surface area contributed by atoms with Crippen LogP contribution in [0.5, 0.6) is 0 Å². The van der Waals surface area contributed by atoms with E-state index in [0.717, 1.165) is 16.7 Å². The van der Waals surface area contributed by atoms with E-state index in [0.29, 0.717) is 0 Å². The molecule has 164 valence electrons. The smallest absolute Gasteiger partial charge is 0.258 e. The predicted octanol–water partition coefficient (Wildman–Crippen LogP) is 5.28. The first-order valence-electron chi connectivity index (χ1n) is 10.4. The lowest BCUT2D eigenvalue weighted by Crippen LogP contribution is -2.23. The molecule has 0 N–H and O–H groups in total. The molecular weight excluding hydrogens is 436 g/mol. The molecule has 4 aromatic carbocycles. The lowest BCUT2D eigenvalue weighted by atomic mass is 9.85. The van der Waals surface area contributed by atoms with Crippen molar-refractivity contribution in [1.29, 1.82) is 0 Å². The summed E-state index contributed by atoms with van der Waals surface area (Å²) in [5.74, 6) is 0. The average Bonchev–Trinajstić information content (AvgIpc) is 3.58. The van der Waals surface area contributed by atoms with Gasteiger partial charge >= 0.3 is 0 Å². The zero-order valence-corrected chi connectivity index (χ0v) is 18.3. The summed E-state index contributed by atoms with van der Waals surface area (Å²) < 4.78 is 29.5. The number of nitro groups is 1. The number of sulfonamides is 1. The van der Waals surface area contributed by atoms with Crippen molar-refractivity contribution in [2.45, 2.75) is 16.5 Å². The Hall–Kier alpha value is -3.81. The molecule has 2 atom stereocenters. The van der Waals surface area contributed by atoms with Crippen LogP contribution in [0.4, 0.5) is 5.69 Å². The zero-order chi connectivity index (χ0) is 23.1. The molecule has 0 aromatic heterocycles. The van der Waals surface area contributed by atoms with E-state index in [4.69, 9.17) is 0 Å². The molecule has 2 unspecified atom stereocenters. The average molecular weight is 457 g/mol. The topological polar surface area (TPSA) is 80.3 Å². The van der Waals surface area contributed by atoms with Gasteiger partial charge in [-0.15, -0.1) is 0 Å². The summed E-state index contributed by atoms with van der Waals surface area (Å²) in [7, 11) is -4.00. The Morgan fingerprint density at radius 2 is 1.15 bits per heavy atom. The molecule has 0 aliphatic carbocycles. The predicted molar refractivity (Wildman–Crippen MR) is 125 cm³/mol. The zero-order valence-electron chi connectivity index (χ0n) is 17.5. The van der Waals surface area contributed by atoms with Crippen LogP contribution in [0.1, 0.15) is 22.7 Å². The van der Waals surface area contributed by atoms with Gasteiger partial charge < -0.3 is 0 Å². The second-order valence-electron chi connectivity index (χ2n) is 7.86. The summed E-state index contributed by atoms with van der Waals surface area (Å²) in [6.07, 6.45) is 0. The summed E-state index contributed by atoms with van der Waals surface area (Å²) in [5.41, 5.74) is 1.49. The molecule has 4 aromatic rings. The van der Waals surface area contributed by atoms with Gasteiger partial charge in [0, 0.05) is 12.1 Å². The summed E-state index contributed by atoms with van der Waals surface area (Å²) in [6.45, 7) is 0. The molecule has 6 nitrogen and oxygen atoms in total. The van der Waals surface area contributed by atoms with E-state index in [1.165, 1.54) is 28.6 Å². The molecule has 1 fully saturated rings. The van der Waals surface area contributed by atoms with Gasteiger partial charge in [0.25, 0.3) is 5.69 Å². The van der Waals surface area contributed by atoms with Crippen molar-refractivity contribution in [2.24, 2.45) is 0 Å². The Balaban J connectivity index is 1.74. The van der Waals surface area contributed by atoms with Crippen molar-refractivity contribution >= 4 is 15.7 Å². The van der Waals surface area contributed by atoms with Crippen LogP contribution in [0.15, 0.2) is 120 Å². The third-order valence-electron chi connectivity index (χ3n) is 6.06. The fraction of sp³-hybridized carbons (Fsp3) is 0.0769. The molecule has 0 spiro atoms. The minimum absolute atomic E-state index is 0.0165. The third-order valence-corrected chi connectivity index (χ3v) is 7.94. The maximum absolute atomic E-state index is 14.0. The maximum atomic E-state index is 14.0. The monoisotopic (exact) mass is 456 g/mol.